The van der Waals surface area contributed by atoms with E-state index in [0.717, 1.165) is 11.1 Å². The van der Waals surface area contributed by atoms with E-state index in [9.17, 15) is 5.11 Å². The number of hydrogen-bond acceptors (Lipinski definition) is 1. The summed E-state index contributed by atoms with van der Waals surface area (Å²) in [6.07, 6.45) is -0.475. The van der Waals surface area contributed by atoms with Crippen molar-refractivity contribution in [2.24, 2.45) is 0 Å². The average Bonchev–Trinajstić information content (AvgIpc) is 2.71. The summed E-state index contributed by atoms with van der Waals surface area (Å²) in [6, 6.07) is 13.0. The lowest BCUT2D eigenvalue weighted by Crippen LogP contribution is -1.97. The van der Waals surface area contributed by atoms with Crippen molar-refractivity contribution in [3.63, 3.8) is 0 Å². The van der Waals surface area contributed by atoms with Crippen molar-refractivity contribution in [3.05, 3.63) is 58.7 Å². The van der Waals surface area contributed by atoms with E-state index in [2.05, 4.69) is 64.1 Å². The Kier molecular flexibility index (Phi) is 3.18. The lowest BCUT2D eigenvalue weighted by atomic mass is 9.96. The van der Waals surface area contributed by atoms with Gasteiger partial charge < -0.3 is 5.11 Å². The topological polar surface area (TPSA) is 20.2 Å². The fraction of sp³-hybridized carbons (Fsp3) is 0.368. The van der Waals surface area contributed by atoms with Crippen LogP contribution in [-0.4, -0.2) is 5.11 Å². The second-order valence-corrected chi connectivity index (χ2v) is 6.41. The first kappa shape index (κ1) is 13.4. The van der Waals surface area contributed by atoms with Crippen LogP contribution in [0.4, 0.5) is 0 Å². The number of aliphatic hydroxyl groups excluding tert-OH is 1. The Hall–Kier alpha value is -1.60. The van der Waals surface area contributed by atoms with Gasteiger partial charge in [0.2, 0.25) is 0 Å². The van der Waals surface area contributed by atoms with Crippen molar-refractivity contribution in [3.8, 4) is 11.1 Å². The highest BCUT2D eigenvalue weighted by Crippen LogP contribution is 2.45. The van der Waals surface area contributed by atoms with Crippen LogP contribution in [0.15, 0.2) is 36.4 Å². The normalized spacial score (nSPS) is 13.9. The Balaban J connectivity index is 2.13. The molecule has 0 bridgehead atoms. The molecule has 2 aromatic rings. The van der Waals surface area contributed by atoms with E-state index in [4.69, 9.17) is 0 Å². The van der Waals surface area contributed by atoms with Crippen LogP contribution in [0.5, 0.6) is 0 Å². The lowest BCUT2D eigenvalue weighted by molar-refractivity contribution is 0.225. The van der Waals surface area contributed by atoms with Crippen LogP contribution in [0.3, 0.4) is 0 Å². The van der Waals surface area contributed by atoms with Gasteiger partial charge in [0.1, 0.15) is 6.10 Å². The Morgan fingerprint density at radius 3 is 1.50 bits per heavy atom. The monoisotopic (exact) mass is 266 g/mol. The minimum atomic E-state index is -0.475. The van der Waals surface area contributed by atoms with E-state index < -0.39 is 6.10 Å². The molecule has 1 heteroatoms. The van der Waals surface area contributed by atoms with Crippen LogP contribution in [0, 0.1) is 0 Å². The molecule has 2 aromatic carbocycles. The Bertz CT molecular complexity index is 595. The zero-order valence-electron chi connectivity index (χ0n) is 12.6. The van der Waals surface area contributed by atoms with Gasteiger partial charge in [-0.15, -0.1) is 0 Å². The Morgan fingerprint density at radius 1 is 0.750 bits per heavy atom. The number of aliphatic hydroxyl groups is 1. The minimum absolute atomic E-state index is 0.475. The first-order chi connectivity index (χ1) is 9.49. The predicted molar refractivity (Wildman–Crippen MR) is 84.1 cm³/mol. The standard InChI is InChI=1S/C19H22O/c1-11(2)13-5-7-15-16-8-6-14(12(3)4)10-18(16)19(20)17(15)9-13/h5-12,19-20H,1-4H3. The summed E-state index contributed by atoms with van der Waals surface area (Å²) >= 11 is 0. The number of rotatable bonds is 2. The van der Waals surface area contributed by atoms with Gasteiger partial charge in [-0.3, -0.25) is 0 Å². The van der Waals surface area contributed by atoms with Gasteiger partial charge in [0.05, 0.1) is 0 Å². The Morgan fingerprint density at radius 2 is 1.15 bits per heavy atom. The van der Waals surface area contributed by atoms with E-state index in [1.165, 1.54) is 22.3 Å². The van der Waals surface area contributed by atoms with Crippen LogP contribution in [0.2, 0.25) is 0 Å². The summed E-state index contributed by atoms with van der Waals surface area (Å²) in [4.78, 5) is 0. The average molecular weight is 266 g/mol. The first-order valence-corrected chi connectivity index (χ1v) is 7.45. The molecule has 0 spiro atoms. The lowest BCUT2D eigenvalue weighted by Gasteiger charge is -2.11. The van der Waals surface area contributed by atoms with Gasteiger partial charge >= 0.3 is 0 Å². The van der Waals surface area contributed by atoms with Crippen LogP contribution >= 0.6 is 0 Å². The molecule has 0 atom stereocenters. The fourth-order valence-electron chi connectivity index (χ4n) is 2.99. The largest absolute Gasteiger partial charge is 0.384 e. The van der Waals surface area contributed by atoms with Crippen molar-refractivity contribution in [2.45, 2.75) is 45.6 Å². The first-order valence-electron chi connectivity index (χ1n) is 7.45. The molecule has 0 saturated heterocycles. The summed E-state index contributed by atoms with van der Waals surface area (Å²) in [6.45, 7) is 8.75. The number of hydrogen-bond donors (Lipinski definition) is 1. The van der Waals surface area contributed by atoms with E-state index in [0.29, 0.717) is 11.8 Å². The molecule has 0 radical (unpaired) electrons. The molecular formula is C19H22O. The second-order valence-electron chi connectivity index (χ2n) is 6.41. The van der Waals surface area contributed by atoms with Crippen molar-refractivity contribution in [1.29, 1.82) is 0 Å². The molecule has 0 amide bonds. The van der Waals surface area contributed by atoms with Crippen LogP contribution in [-0.2, 0) is 0 Å². The summed E-state index contributed by atoms with van der Waals surface area (Å²) in [5, 5.41) is 10.6. The number of fused-ring (bicyclic) bond motifs is 3. The molecular weight excluding hydrogens is 244 g/mol. The molecule has 3 rings (SSSR count). The van der Waals surface area contributed by atoms with E-state index >= 15 is 0 Å². The van der Waals surface area contributed by atoms with Crippen molar-refractivity contribution in [1.82, 2.24) is 0 Å². The fourth-order valence-corrected chi connectivity index (χ4v) is 2.99. The second kappa shape index (κ2) is 4.75. The summed E-state index contributed by atoms with van der Waals surface area (Å²) in [5.74, 6) is 0.977. The van der Waals surface area contributed by atoms with Gasteiger partial charge in [-0.2, -0.15) is 0 Å². The molecule has 0 saturated carbocycles. The number of benzene rings is 2. The highest BCUT2D eigenvalue weighted by atomic mass is 16.3. The zero-order valence-corrected chi connectivity index (χ0v) is 12.6. The maximum atomic E-state index is 10.6. The SMILES string of the molecule is CC(C)c1ccc2c(c1)C(O)c1cc(C(C)C)ccc1-2. The van der Waals surface area contributed by atoms with Gasteiger partial charge in [-0.1, -0.05) is 64.1 Å². The maximum Gasteiger partial charge on any atom is 0.105 e. The predicted octanol–water partition coefficient (Wildman–Crippen LogP) is 5.00. The third kappa shape index (κ3) is 1.97. The quantitative estimate of drug-likeness (QED) is 0.811. The van der Waals surface area contributed by atoms with Crippen molar-refractivity contribution >= 4 is 0 Å². The highest BCUT2D eigenvalue weighted by molar-refractivity contribution is 5.78. The van der Waals surface area contributed by atoms with E-state index in [1.54, 1.807) is 0 Å². The van der Waals surface area contributed by atoms with Crippen molar-refractivity contribution in [2.75, 3.05) is 0 Å². The highest BCUT2D eigenvalue weighted by Gasteiger charge is 2.27. The molecule has 104 valence electrons. The molecule has 0 heterocycles. The van der Waals surface area contributed by atoms with E-state index in [-0.39, 0.29) is 0 Å². The smallest absolute Gasteiger partial charge is 0.105 e. The summed E-state index contributed by atoms with van der Waals surface area (Å²) < 4.78 is 0. The maximum absolute atomic E-state index is 10.6. The van der Waals surface area contributed by atoms with Gasteiger partial charge in [-0.25, -0.2) is 0 Å². The molecule has 1 N–H and O–H groups in total. The summed E-state index contributed by atoms with van der Waals surface area (Å²) in [7, 11) is 0. The third-order valence-electron chi connectivity index (χ3n) is 4.36. The van der Waals surface area contributed by atoms with Gasteiger partial charge in [0.15, 0.2) is 0 Å². The molecule has 1 nitrogen and oxygen atoms in total. The summed E-state index contributed by atoms with van der Waals surface area (Å²) in [5.41, 5.74) is 7.08. The Labute approximate surface area is 121 Å². The van der Waals surface area contributed by atoms with E-state index in [1.807, 2.05) is 0 Å². The molecule has 0 unspecified atom stereocenters. The van der Waals surface area contributed by atoms with Crippen LogP contribution in [0.25, 0.3) is 11.1 Å². The van der Waals surface area contributed by atoms with Gasteiger partial charge in [0.25, 0.3) is 0 Å². The molecule has 0 fully saturated rings. The third-order valence-corrected chi connectivity index (χ3v) is 4.36. The minimum Gasteiger partial charge on any atom is -0.384 e. The van der Waals surface area contributed by atoms with Gasteiger partial charge in [-0.05, 0) is 45.2 Å². The van der Waals surface area contributed by atoms with Crippen LogP contribution < -0.4 is 0 Å². The molecule has 0 aliphatic heterocycles. The van der Waals surface area contributed by atoms with Crippen molar-refractivity contribution < 1.29 is 5.11 Å². The zero-order chi connectivity index (χ0) is 14.4. The van der Waals surface area contributed by atoms with Gasteiger partial charge in [0, 0.05) is 0 Å². The molecule has 20 heavy (non-hydrogen) atoms. The molecule has 1 aliphatic rings. The van der Waals surface area contributed by atoms with Crippen LogP contribution in [0.1, 0.15) is 67.9 Å². The molecule has 0 aromatic heterocycles. The molecule has 1 aliphatic carbocycles.